The van der Waals surface area contributed by atoms with Crippen molar-refractivity contribution in [1.29, 1.82) is 0 Å². The third-order valence-corrected chi connectivity index (χ3v) is 0.395. The van der Waals surface area contributed by atoms with Crippen molar-refractivity contribution < 1.29 is 14.3 Å². The fourth-order valence-corrected chi connectivity index (χ4v) is 0. The Morgan fingerprint density at radius 2 is 1.89 bits per heavy atom. The average Bonchev–Trinajstić information content (AvgIpc) is 1.65. The van der Waals surface area contributed by atoms with E-state index in [-0.39, 0.29) is 5.88 Å². The van der Waals surface area contributed by atoms with Crippen LogP contribution in [0, 0.1) is 0 Å². The Bertz CT molecular complexity index is 104. The highest BCUT2D eigenvalue weighted by molar-refractivity contribution is 7.33. The molecule has 9 heavy (non-hydrogen) atoms. The fraction of sp³-hybridized carbons (Fsp3) is 0.500. The SMILES string of the molecule is NC(=O)CCl.N[P+](=O)[O-]. The van der Waals surface area contributed by atoms with Crippen LogP contribution in [0.15, 0.2) is 0 Å². The van der Waals surface area contributed by atoms with E-state index in [0.717, 1.165) is 0 Å². The summed E-state index contributed by atoms with van der Waals surface area (Å²) >= 11 is 4.86. The molecule has 0 aromatic carbocycles. The summed E-state index contributed by atoms with van der Waals surface area (Å²) in [5.41, 5.74) is 8.59. The first-order chi connectivity index (χ1) is 4.00. The molecule has 0 aliphatic carbocycles. The van der Waals surface area contributed by atoms with Gasteiger partial charge in [0.2, 0.25) is 5.91 Å². The molecule has 0 spiro atoms. The Morgan fingerprint density at radius 3 is 1.89 bits per heavy atom. The van der Waals surface area contributed by atoms with E-state index in [1.54, 1.807) is 0 Å². The van der Waals surface area contributed by atoms with Crippen molar-refractivity contribution >= 4 is 25.7 Å². The maximum Gasteiger partial charge on any atom is 0.405 e. The zero-order valence-electron chi connectivity index (χ0n) is 4.41. The number of rotatable bonds is 1. The zero-order chi connectivity index (χ0) is 7.86. The van der Waals surface area contributed by atoms with Gasteiger partial charge in [0.05, 0.1) is 0 Å². The van der Waals surface area contributed by atoms with Crippen molar-refractivity contribution in [3.63, 3.8) is 0 Å². The molecule has 0 aromatic rings. The number of hydrogen-bond donors (Lipinski definition) is 2. The molecule has 1 unspecified atom stereocenters. The van der Waals surface area contributed by atoms with Crippen LogP contribution >= 0.6 is 19.8 Å². The van der Waals surface area contributed by atoms with Crippen LogP contribution in [0.4, 0.5) is 0 Å². The summed E-state index contributed by atoms with van der Waals surface area (Å²) in [6, 6.07) is 0. The van der Waals surface area contributed by atoms with E-state index in [1.165, 1.54) is 0 Å². The second-order valence-electron chi connectivity index (χ2n) is 0.885. The fourth-order valence-electron chi connectivity index (χ4n) is 0. The minimum atomic E-state index is -2.62. The number of hydrogen-bond acceptors (Lipinski definition) is 3. The highest BCUT2D eigenvalue weighted by Crippen LogP contribution is 1.81. The van der Waals surface area contributed by atoms with E-state index >= 15 is 0 Å². The van der Waals surface area contributed by atoms with E-state index in [4.69, 9.17) is 21.1 Å². The number of halogens is 1. The van der Waals surface area contributed by atoms with Gasteiger partial charge >= 0.3 is 8.18 Å². The van der Waals surface area contributed by atoms with Gasteiger partial charge in [-0.2, -0.15) is 0 Å². The van der Waals surface area contributed by atoms with Crippen LogP contribution in [-0.2, 0) is 9.36 Å². The maximum absolute atomic E-state index is 9.46. The van der Waals surface area contributed by atoms with Gasteiger partial charge < -0.3 is 10.6 Å². The van der Waals surface area contributed by atoms with E-state index in [9.17, 15) is 4.79 Å². The van der Waals surface area contributed by atoms with Crippen LogP contribution in [0.3, 0.4) is 0 Å². The summed E-state index contributed by atoms with van der Waals surface area (Å²) in [4.78, 5) is 18.3. The van der Waals surface area contributed by atoms with Gasteiger partial charge in [-0.05, 0) is 0 Å². The van der Waals surface area contributed by atoms with Crippen LogP contribution in [0.25, 0.3) is 0 Å². The maximum atomic E-state index is 9.46. The topological polar surface area (TPSA) is 109 Å². The van der Waals surface area contributed by atoms with Gasteiger partial charge in [-0.25, -0.2) is 0 Å². The Balaban J connectivity index is 0. The number of carbonyl (C=O) groups excluding carboxylic acids is 1. The minimum absolute atomic E-state index is 0.0833. The molecule has 0 fully saturated rings. The normalized spacial score (nSPS) is 9.00. The lowest BCUT2D eigenvalue weighted by molar-refractivity contribution is -0.164. The molecule has 5 nitrogen and oxygen atoms in total. The monoisotopic (exact) mass is 172 g/mol. The summed E-state index contributed by atoms with van der Waals surface area (Å²) in [5.74, 6) is -0.563. The molecule has 0 aliphatic rings. The first-order valence-electron chi connectivity index (χ1n) is 1.74. The Labute approximate surface area is 57.9 Å². The van der Waals surface area contributed by atoms with Crippen molar-refractivity contribution in [3.8, 4) is 0 Å². The largest absolute Gasteiger partial charge is 0.578 e. The highest BCUT2D eigenvalue weighted by Gasteiger charge is 1.79. The van der Waals surface area contributed by atoms with Gasteiger partial charge in [0.1, 0.15) is 5.88 Å². The molecule has 0 radical (unpaired) electrons. The second kappa shape index (κ2) is 7.78. The Kier molecular flexibility index (Phi) is 9.99. The molecule has 0 heterocycles. The van der Waals surface area contributed by atoms with Crippen molar-refractivity contribution in [1.82, 2.24) is 0 Å². The van der Waals surface area contributed by atoms with Crippen molar-refractivity contribution in [2.75, 3.05) is 5.88 Å². The van der Waals surface area contributed by atoms with Crippen LogP contribution in [0.5, 0.6) is 0 Å². The molecular formula is C2H6ClN2O3P. The van der Waals surface area contributed by atoms with Crippen LogP contribution in [-0.4, -0.2) is 11.8 Å². The molecule has 1 amide bonds. The molecule has 4 N–H and O–H groups in total. The van der Waals surface area contributed by atoms with Crippen LogP contribution in [0.2, 0.25) is 0 Å². The number of nitrogens with two attached hydrogens (primary N) is 2. The summed E-state index contributed by atoms with van der Waals surface area (Å²) < 4.78 is 8.81. The number of amides is 1. The molecule has 7 heteroatoms. The lowest BCUT2D eigenvalue weighted by Crippen LogP contribution is -2.10. The van der Waals surface area contributed by atoms with E-state index in [2.05, 4.69) is 11.2 Å². The molecule has 0 rings (SSSR count). The quantitative estimate of drug-likeness (QED) is 0.377. The van der Waals surface area contributed by atoms with Crippen molar-refractivity contribution in [3.05, 3.63) is 0 Å². The summed E-state index contributed by atoms with van der Waals surface area (Å²) in [5, 5.41) is 0. The van der Waals surface area contributed by atoms with Crippen LogP contribution in [0.1, 0.15) is 0 Å². The number of carbonyl (C=O) groups is 1. The second-order valence-corrected chi connectivity index (χ2v) is 1.72. The molecule has 0 saturated carbocycles. The standard InChI is InChI=1S/C2H4ClNO.H2NO2P/c3-1-2(4)5;1-4(2)3/h1H2,(H2,4,5);(H2,1,2,3). The lowest BCUT2D eigenvalue weighted by atomic mass is 10.8. The van der Waals surface area contributed by atoms with Gasteiger partial charge in [-0.1, -0.05) is 4.57 Å². The molecular weight excluding hydrogens is 166 g/mol. The average molecular weight is 173 g/mol. The Hall–Kier alpha value is -0.220. The van der Waals surface area contributed by atoms with E-state index < -0.39 is 14.1 Å². The molecule has 54 valence electrons. The van der Waals surface area contributed by atoms with Gasteiger partial charge in [-0.3, -0.25) is 4.79 Å². The predicted molar refractivity (Wildman–Crippen MR) is 31.7 cm³/mol. The van der Waals surface area contributed by atoms with Crippen LogP contribution < -0.4 is 16.1 Å². The predicted octanol–water partition coefficient (Wildman–Crippen LogP) is -1.33. The summed E-state index contributed by atoms with van der Waals surface area (Å²) in [6.45, 7) is 0. The van der Waals surface area contributed by atoms with Gasteiger partial charge in [0, 0.05) is 0 Å². The molecule has 0 saturated heterocycles. The van der Waals surface area contributed by atoms with E-state index in [0.29, 0.717) is 0 Å². The number of primary amides is 1. The van der Waals surface area contributed by atoms with Gasteiger partial charge in [0.15, 0.2) is 0 Å². The highest BCUT2D eigenvalue weighted by atomic mass is 35.5. The van der Waals surface area contributed by atoms with Crippen molar-refractivity contribution in [2.24, 2.45) is 11.2 Å². The van der Waals surface area contributed by atoms with E-state index in [1.807, 2.05) is 0 Å². The summed E-state index contributed by atoms with van der Waals surface area (Å²) in [6.07, 6.45) is 0. The molecule has 0 aromatic heterocycles. The molecule has 0 bridgehead atoms. The zero-order valence-corrected chi connectivity index (χ0v) is 6.06. The van der Waals surface area contributed by atoms with Gasteiger partial charge in [-0.15, -0.1) is 17.1 Å². The minimum Gasteiger partial charge on any atom is -0.578 e. The lowest BCUT2D eigenvalue weighted by Gasteiger charge is -1.71. The Morgan fingerprint density at radius 1 is 1.78 bits per heavy atom. The summed E-state index contributed by atoms with van der Waals surface area (Å²) in [7, 11) is -2.62. The van der Waals surface area contributed by atoms with Crippen molar-refractivity contribution in [2.45, 2.75) is 0 Å². The molecule has 0 aliphatic heterocycles. The van der Waals surface area contributed by atoms with Gasteiger partial charge in [0.25, 0.3) is 0 Å². The first kappa shape index (κ1) is 11.6. The first-order valence-corrected chi connectivity index (χ1v) is 3.52. The third kappa shape index (κ3) is 82.0. The molecule has 1 atom stereocenters. The third-order valence-electron chi connectivity index (χ3n) is 0.132. The number of alkyl halides is 1. The smallest absolute Gasteiger partial charge is 0.405 e.